The Hall–Kier alpha value is -0.370. The summed E-state index contributed by atoms with van der Waals surface area (Å²) in [5.74, 6) is 1.02. The predicted octanol–water partition coefficient (Wildman–Crippen LogP) is 1.99. The van der Waals surface area contributed by atoms with Crippen molar-refractivity contribution in [1.29, 1.82) is 0 Å². The van der Waals surface area contributed by atoms with E-state index < -0.39 is 0 Å². The third-order valence-corrected chi connectivity index (χ3v) is 2.29. The summed E-state index contributed by atoms with van der Waals surface area (Å²) in [6.07, 6.45) is 2.24. The minimum absolute atomic E-state index is 0.157. The number of nitrogens with one attached hydrogen (secondary N) is 1. The van der Waals surface area contributed by atoms with Crippen molar-refractivity contribution < 1.29 is 4.79 Å². The van der Waals surface area contributed by atoms with E-state index >= 15 is 0 Å². The molecule has 1 N–H and O–H groups in total. The molecule has 2 nitrogen and oxygen atoms in total. The lowest BCUT2D eigenvalue weighted by Gasteiger charge is -2.03. The highest BCUT2D eigenvalue weighted by molar-refractivity contribution is 5.81. The number of carbonyl (C=O) groups is 1. The molecule has 1 aliphatic rings. The molecular formula is C10H21NO. The van der Waals surface area contributed by atoms with Crippen LogP contribution in [-0.2, 0) is 4.79 Å². The fraction of sp³-hybridized carbons (Fsp3) is 0.900. The number of carbonyl (C=O) groups excluding carboxylic acids is 1. The smallest absolute Gasteiger partial charge is 0.146 e. The van der Waals surface area contributed by atoms with Crippen molar-refractivity contribution in [1.82, 2.24) is 5.32 Å². The van der Waals surface area contributed by atoms with Crippen molar-refractivity contribution in [3.63, 3.8) is 0 Å². The topological polar surface area (TPSA) is 29.1 Å². The molecule has 1 aliphatic heterocycles. The molecular weight excluding hydrogens is 150 g/mol. The first kappa shape index (κ1) is 11.6. The van der Waals surface area contributed by atoms with Crippen LogP contribution in [-0.4, -0.2) is 18.4 Å². The lowest BCUT2D eigenvalue weighted by Crippen LogP contribution is -2.28. The summed E-state index contributed by atoms with van der Waals surface area (Å²) < 4.78 is 0. The van der Waals surface area contributed by atoms with Gasteiger partial charge in [-0.3, -0.25) is 4.79 Å². The van der Waals surface area contributed by atoms with Gasteiger partial charge in [0, 0.05) is 0 Å². The molecule has 0 spiro atoms. The van der Waals surface area contributed by atoms with Crippen LogP contribution in [0.2, 0.25) is 0 Å². The van der Waals surface area contributed by atoms with Crippen LogP contribution in [0.5, 0.6) is 0 Å². The van der Waals surface area contributed by atoms with E-state index in [4.69, 9.17) is 0 Å². The van der Waals surface area contributed by atoms with Crippen molar-refractivity contribution in [3.05, 3.63) is 0 Å². The normalized spacial score (nSPS) is 27.7. The van der Waals surface area contributed by atoms with Crippen LogP contribution in [0.3, 0.4) is 0 Å². The van der Waals surface area contributed by atoms with E-state index in [0.717, 1.165) is 18.9 Å². The first-order valence-corrected chi connectivity index (χ1v) is 4.98. The molecule has 12 heavy (non-hydrogen) atoms. The van der Waals surface area contributed by atoms with Gasteiger partial charge in [0.1, 0.15) is 5.78 Å². The highest BCUT2D eigenvalue weighted by atomic mass is 16.1. The molecule has 0 aromatic carbocycles. The zero-order valence-electron chi connectivity index (χ0n) is 8.68. The number of rotatable bonds is 2. The van der Waals surface area contributed by atoms with Gasteiger partial charge in [-0.1, -0.05) is 27.2 Å². The van der Waals surface area contributed by atoms with E-state index in [0.29, 0.717) is 0 Å². The van der Waals surface area contributed by atoms with Crippen LogP contribution in [0, 0.1) is 5.92 Å². The fourth-order valence-electron chi connectivity index (χ4n) is 1.43. The van der Waals surface area contributed by atoms with Gasteiger partial charge in [-0.05, 0) is 25.8 Å². The first-order valence-electron chi connectivity index (χ1n) is 4.98. The van der Waals surface area contributed by atoms with E-state index in [1.165, 1.54) is 6.42 Å². The summed E-state index contributed by atoms with van der Waals surface area (Å²) in [7, 11) is 0. The third kappa shape index (κ3) is 3.35. The van der Waals surface area contributed by atoms with Gasteiger partial charge >= 0.3 is 0 Å². The van der Waals surface area contributed by atoms with Crippen molar-refractivity contribution in [2.75, 3.05) is 6.54 Å². The van der Waals surface area contributed by atoms with E-state index in [1.54, 1.807) is 6.92 Å². The zero-order valence-corrected chi connectivity index (χ0v) is 8.68. The lowest BCUT2D eigenvalue weighted by molar-refractivity contribution is -0.118. The molecule has 0 aromatic heterocycles. The molecule has 0 saturated carbocycles. The van der Waals surface area contributed by atoms with E-state index in [1.807, 2.05) is 13.8 Å². The SMILES string of the molecule is CC.CCC1CNC(C(C)=O)C1. The second kappa shape index (κ2) is 6.18. The standard InChI is InChI=1S/C8H15NO.C2H6/c1-3-7-4-8(6(2)10)9-5-7;1-2/h7-9H,3-5H2,1-2H3;1-2H3. The summed E-state index contributed by atoms with van der Waals surface area (Å²) >= 11 is 0. The number of hydrogen-bond donors (Lipinski definition) is 1. The average molecular weight is 171 g/mol. The van der Waals surface area contributed by atoms with Crippen molar-refractivity contribution in [3.8, 4) is 0 Å². The van der Waals surface area contributed by atoms with Crippen LogP contribution in [0.4, 0.5) is 0 Å². The molecule has 72 valence electrons. The van der Waals surface area contributed by atoms with Gasteiger partial charge in [0.2, 0.25) is 0 Å². The van der Waals surface area contributed by atoms with Gasteiger partial charge in [-0.15, -0.1) is 0 Å². The average Bonchev–Trinajstić information content (AvgIpc) is 2.55. The molecule has 0 aromatic rings. The van der Waals surface area contributed by atoms with E-state index in [-0.39, 0.29) is 11.8 Å². The molecule has 2 atom stereocenters. The maximum absolute atomic E-state index is 10.8. The first-order chi connectivity index (χ1) is 5.74. The molecule has 2 heteroatoms. The Kier molecular flexibility index (Phi) is 5.99. The Morgan fingerprint density at radius 1 is 1.50 bits per heavy atom. The monoisotopic (exact) mass is 171 g/mol. The van der Waals surface area contributed by atoms with Crippen molar-refractivity contribution in [2.45, 2.75) is 46.6 Å². The van der Waals surface area contributed by atoms with Gasteiger partial charge in [0.15, 0.2) is 0 Å². The van der Waals surface area contributed by atoms with Gasteiger partial charge in [0.25, 0.3) is 0 Å². The summed E-state index contributed by atoms with van der Waals surface area (Å²) in [4.78, 5) is 10.8. The molecule has 0 amide bonds. The largest absolute Gasteiger partial charge is 0.307 e. The summed E-state index contributed by atoms with van der Waals surface area (Å²) in [5.41, 5.74) is 0. The lowest BCUT2D eigenvalue weighted by atomic mass is 10.0. The Balaban J connectivity index is 0.000000561. The number of hydrogen-bond acceptors (Lipinski definition) is 2. The molecule has 1 rings (SSSR count). The van der Waals surface area contributed by atoms with E-state index in [9.17, 15) is 4.79 Å². The maximum Gasteiger partial charge on any atom is 0.146 e. The van der Waals surface area contributed by atoms with Crippen LogP contribution < -0.4 is 5.32 Å². The summed E-state index contributed by atoms with van der Waals surface area (Å²) in [5, 5.41) is 3.21. The Morgan fingerprint density at radius 2 is 2.08 bits per heavy atom. The van der Waals surface area contributed by atoms with Crippen LogP contribution in [0.25, 0.3) is 0 Å². The Bertz CT molecular complexity index is 134. The Morgan fingerprint density at radius 3 is 2.33 bits per heavy atom. The predicted molar refractivity (Wildman–Crippen MR) is 52.2 cm³/mol. The molecule has 1 fully saturated rings. The van der Waals surface area contributed by atoms with Gasteiger partial charge in [0.05, 0.1) is 6.04 Å². The van der Waals surface area contributed by atoms with Gasteiger partial charge < -0.3 is 5.32 Å². The highest BCUT2D eigenvalue weighted by Gasteiger charge is 2.25. The molecule has 1 heterocycles. The minimum atomic E-state index is 0.157. The van der Waals surface area contributed by atoms with E-state index in [2.05, 4.69) is 12.2 Å². The Labute approximate surface area is 75.7 Å². The molecule has 1 saturated heterocycles. The molecule has 0 aliphatic carbocycles. The van der Waals surface area contributed by atoms with Crippen molar-refractivity contribution >= 4 is 5.78 Å². The van der Waals surface area contributed by atoms with Crippen LogP contribution in [0.15, 0.2) is 0 Å². The molecule has 0 radical (unpaired) electrons. The van der Waals surface area contributed by atoms with Gasteiger partial charge in [-0.25, -0.2) is 0 Å². The van der Waals surface area contributed by atoms with Gasteiger partial charge in [-0.2, -0.15) is 0 Å². The van der Waals surface area contributed by atoms with Crippen LogP contribution >= 0.6 is 0 Å². The molecule has 0 bridgehead atoms. The summed E-state index contributed by atoms with van der Waals surface area (Å²) in [6.45, 7) is 8.87. The number of ketones is 1. The van der Waals surface area contributed by atoms with Crippen LogP contribution in [0.1, 0.15) is 40.5 Å². The third-order valence-electron chi connectivity index (χ3n) is 2.29. The summed E-state index contributed by atoms with van der Waals surface area (Å²) in [6, 6.07) is 0.157. The fourth-order valence-corrected chi connectivity index (χ4v) is 1.43. The maximum atomic E-state index is 10.8. The molecule has 2 unspecified atom stereocenters. The zero-order chi connectivity index (χ0) is 9.56. The second-order valence-electron chi connectivity index (χ2n) is 3.08. The minimum Gasteiger partial charge on any atom is -0.307 e. The quantitative estimate of drug-likeness (QED) is 0.688. The second-order valence-corrected chi connectivity index (χ2v) is 3.08. The highest BCUT2D eigenvalue weighted by Crippen LogP contribution is 2.16. The number of Topliss-reactive ketones (excluding diaryl/α,β-unsaturated/α-hetero) is 1. The van der Waals surface area contributed by atoms with Crippen molar-refractivity contribution in [2.24, 2.45) is 5.92 Å².